The maximum atomic E-state index is 12.5. The Morgan fingerprint density at radius 2 is 1.74 bits per heavy atom. The summed E-state index contributed by atoms with van der Waals surface area (Å²) in [5.41, 5.74) is 2.20. The van der Waals surface area contributed by atoms with Crippen LogP contribution in [0.3, 0.4) is 0 Å². The van der Waals surface area contributed by atoms with Gasteiger partial charge in [-0.05, 0) is 42.3 Å². The summed E-state index contributed by atoms with van der Waals surface area (Å²) in [7, 11) is 0. The lowest BCUT2D eigenvalue weighted by molar-refractivity contribution is 0.954. The number of aromatic nitrogens is 2. The van der Waals surface area contributed by atoms with Crippen molar-refractivity contribution in [2.45, 2.75) is 6.92 Å². The standard InChI is InChI=1S/C15H11ClN2O/c1-10-6-2-5-9-13(10)18-14(19)11-7-3-4-8-12(11)17-15(18)16/h2-9H,1H3. The van der Waals surface area contributed by atoms with Crippen molar-refractivity contribution in [2.24, 2.45) is 0 Å². The second kappa shape index (κ2) is 4.52. The molecular formula is C15H11ClN2O. The molecule has 2 aromatic carbocycles. The molecule has 1 heterocycles. The van der Waals surface area contributed by atoms with Crippen molar-refractivity contribution in [2.75, 3.05) is 0 Å². The molecule has 0 atom stereocenters. The molecule has 0 aliphatic heterocycles. The zero-order valence-corrected chi connectivity index (χ0v) is 11.1. The van der Waals surface area contributed by atoms with Gasteiger partial charge in [0.1, 0.15) is 0 Å². The van der Waals surface area contributed by atoms with Crippen molar-refractivity contribution in [1.29, 1.82) is 0 Å². The summed E-state index contributed by atoms with van der Waals surface area (Å²) in [6.07, 6.45) is 0. The van der Waals surface area contributed by atoms with E-state index >= 15 is 0 Å². The van der Waals surface area contributed by atoms with E-state index in [1.165, 1.54) is 4.57 Å². The SMILES string of the molecule is Cc1ccccc1-n1c(Cl)nc2ccccc2c1=O. The Bertz CT molecular complexity index is 824. The number of hydrogen-bond acceptors (Lipinski definition) is 2. The number of rotatable bonds is 1. The molecule has 3 rings (SSSR count). The lowest BCUT2D eigenvalue weighted by Gasteiger charge is -2.11. The minimum Gasteiger partial charge on any atom is -0.268 e. The molecule has 0 saturated heterocycles. The van der Waals surface area contributed by atoms with E-state index in [9.17, 15) is 4.79 Å². The van der Waals surface area contributed by atoms with Gasteiger partial charge in [-0.1, -0.05) is 30.3 Å². The third-order valence-corrected chi connectivity index (χ3v) is 3.34. The number of para-hydroxylation sites is 2. The van der Waals surface area contributed by atoms with Crippen molar-refractivity contribution in [3.05, 3.63) is 69.7 Å². The van der Waals surface area contributed by atoms with Gasteiger partial charge in [0.2, 0.25) is 5.28 Å². The molecule has 0 radical (unpaired) electrons. The first-order valence-corrected chi connectivity index (χ1v) is 6.29. The third-order valence-electron chi connectivity index (χ3n) is 3.09. The van der Waals surface area contributed by atoms with Crippen LogP contribution in [0.25, 0.3) is 16.6 Å². The first-order valence-electron chi connectivity index (χ1n) is 5.92. The van der Waals surface area contributed by atoms with Gasteiger partial charge in [0.05, 0.1) is 16.6 Å². The highest BCUT2D eigenvalue weighted by atomic mass is 35.5. The van der Waals surface area contributed by atoms with Crippen LogP contribution in [0.15, 0.2) is 53.3 Å². The minimum atomic E-state index is -0.148. The van der Waals surface area contributed by atoms with Crippen LogP contribution in [0.1, 0.15) is 5.56 Å². The molecule has 0 bridgehead atoms. The largest absolute Gasteiger partial charge is 0.268 e. The molecule has 3 nitrogen and oxygen atoms in total. The van der Waals surface area contributed by atoms with Crippen LogP contribution in [-0.2, 0) is 0 Å². The smallest absolute Gasteiger partial charge is 0.266 e. The molecule has 0 fully saturated rings. The first kappa shape index (κ1) is 11.9. The quantitative estimate of drug-likeness (QED) is 0.636. The highest BCUT2D eigenvalue weighted by Crippen LogP contribution is 2.18. The van der Waals surface area contributed by atoms with Crippen molar-refractivity contribution >= 4 is 22.5 Å². The van der Waals surface area contributed by atoms with Crippen LogP contribution in [0.5, 0.6) is 0 Å². The predicted molar refractivity (Wildman–Crippen MR) is 77.1 cm³/mol. The number of benzene rings is 2. The number of fused-ring (bicyclic) bond motifs is 1. The Morgan fingerprint density at radius 3 is 2.53 bits per heavy atom. The maximum absolute atomic E-state index is 12.5. The van der Waals surface area contributed by atoms with Crippen LogP contribution in [0.4, 0.5) is 0 Å². The molecule has 0 N–H and O–H groups in total. The summed E-state index contributed by atoms with van der Waals surface area (Å²) in [5, 5.41) is 0.744. The summed E-state index contributed by atoms with van der Waals surface area (Å²) in [4.78, 5) is 16.8. The average molecular weight is 271 g/mol. The molecule has 3 aromatic rings. The normalized spacial score (nSPS) is 10.8. The molecule has 19 heavy (non-hydrogen) atoms. The molecule has 0 amide bonds. The number of halogens is 1. The van der Waals surface area contributed by atoms with E-state index in [1.54, 1.807) is 12.1 Å². The van der Waals surface area contributed by atoms with Crippen LogP contribution < -0.4 is 5.56 Å². The van der Waals surface area contributed by atoms with E-state index in [1.807, 2.05) is 43.3 Å². The summed E-state index contributed by atoms with van der Waals surface area (Å²) in [6.45, 7) is 1.94. The van der Waals surface area contributed by atoms with E-state index in [2.05, 4.69) is 4.98 Å². The van der Waals surface area contributed by atoms with Gasteiger partial charge in [-0.15, -0.1) is 0 Å². The van der Waals surface area contributed by atoms with Crippen LogP contribution in [0.2, 0.25) is 5.28 Å². The predicted octanol–water partition coefficient (Wildman–Crippen LogP) is 3.35. The van der Waals surface area contributed by atoms with Gasteiger partial charge in [0, 0.05) is 0 Å². The molecule has 0 saturated carbocycles. The van der Waals surface area contributed by atoms with Crippen molar-refractivity contribution in [1.82, 2.24) is 9.55 Å². The maximum Gasteiger partial charge on any atom is 0.266 e. The average Bonchev–Trinajstić information content (AvgIpc) is 2.41. The fraction of sp³-hybridized carbons (Fsp3) is 0.0667. The lowest BCUT2D eigenvalue weighted by Crippen LogP contribution is -2.21. The monoisotopic (exact) mass is 270 g/mol. The van der Waals surface area contributed by atoms with Gasteiger partial charge in [0.25, 0.3) is 5.56 Å². The molecule has 0 aliphatic carbocycles. The molecule has 94 valence electrons. The van der Waals surface area contributed by atoms with E-state index in [0.29, 0.717) is 10.9 Å². The number of nitrogens with zero attached hydrogens (tertiary/aromatic N) is 2. The van der Waals surface area contributed by atoms with Crippen molar-refractivity contribution in [3.63, 3.8) is 0 Å². The highest BCUT2D eigenvalue weighted by Gasteiger charge is 2.11. The summed E-state index contributed by atoms with van der Waals surface area (Å²) >= 11 is 6.17. The first-order chi connectivity index (χ1) is 9.18. The van der Waals surface area contributed by atoms with Gasteiger partial charge >= 0.3 is 0 Å². The summed E-state index contributed by atoms with van der Waals surface area (Å²) < 4.78 is 1.44. The van der Waals surface area contributed by atoms with E-state index in [-0.39, 0.29) is 10.8 Å². The Morgan fingerprint density at radius 1 is 1.05 bits per heavy atom. The van der Waals surface area contributed by atoms with Crippen molar-refractivity contribution < 1.29 is 0 Å². The van der Waals surface area contributed by atoms with Crippen LogP contribution >= 0.6 is 11.6 Å². The Balaban J connectivity index is 2.43. The Hall–Kier alpha value is -2.13. The summed E-state index contributed by atoms with van der Waals surface area (Å²) in [6, 6.07) is 14.8. The van der Waals surface area contributed by atoms with Gasteiger partial charge in [-0.3, -0.25) is 9.36 Å². The zero-order chi connectivity index (χ0) is 13.4. The third kappa shape index (κ3) is 1.92. The molecular weight excluding hydrogens is 260 g/mol. The second-order valence-electron chi connectivity index (χ2n) is 4.33. The lowest BCUT2D eigenvalue weighted by atomic mass is 10.2. The van der Waals surface area contributed by atoms with Gasteiger partial charge in [0.15, 0.2) is 0 Å². The van der Waals surface area contributed by atoms with E-state index < -0.39 is 0 Å². The molecule has 0 unspecified atom stereocenters. The fourth-order valence-electron chi connectivity index (χ4n) is 2.13. The van der Waals surface area contributed by atoms with Gasteiger partial charge in [-0.25, -0.2) is 4.98 Å². The number of aryl methyl sites for hydroxylation is 1. The van der Waals surface area contributed by atoms with Gasteiger partial charge in [-0.2, -0.15) is 0 Å². The molecule has 1 aromatic heterocycles. The van der Waals surface area contributed by atoms with Crippen LogP contribution in [0, 0.1) is 6.92 Å². The summed E-state index contributed by atoms with van der Waals surface area (Å²) in [5.74, 6) is 0. The fourth-order valence-corrected chi connectivity index (χ4v) is 2.39. The minimum absolute atomic E-state index is 0.148. The van der Waals surface area contributed by atoms with Gasteiger partial charge < -0.3 is 0 Å². The molecule has 0 spiro atoms. The van der Waals surface area contributed by atoms with E-state index in [4.69, 9.17) is 11.6 Å². The highest BCUT2D eigenvalue weighted by molar-refractivity contribution is 6.29. The second-order valence-corrected chi connectivity index (χ2v) is 4.66. The molecule has 4 heteroatoms. The zero-order valence-electron chi connectivity index (χ0n) is 10.3. The van der Waals surface area contributed by atoms with E-state index in [0.717, 1.165) is 11.3 Å². The Kier molecular flexibility index (Phi) is 2.84. The molecule has 0 aliphatic rings. The van der Waals surface area contributed by atoms with Crippen molar-refractivity contribution in [3.8, 4) is 5.69 Å². The van der Waals surface area contributed by atoms with Crippen LogP contribution in [-0.4, -0.2) is 9.55 Å². The Labute approximate surface area is 115 Å². The number of hydrogen-bond donors (Lipinski definition) is 0. The topological polar surface area (TPSA) is 34.9 Å².